The molecule has 0 amide bonds. The average Bonchev–Trinajstić information content (AvgIpc) is 2.91. The molecule has 0 saturated carbocycles. The van der Waals surface area contributed by atoms with Crippen LogP contribution in [0.5, 0.6) is 0 Å². The van der Waals surface area contributed by atoms with Gasteiger partial charge in [-0.25, -0.2) is 4.98 Å². The number of nitrogens with zero attached hydrogens (tertiary/aromatic N) is 2. The van der Waals surface area contributed by atoms with Crippen LogP contribution in [0.4, 0.5) is 0 Å². The van der Waals surface area contributed by atoms with E-state index < -0.39 is 0 Å². The Kier molecular flexibility index (Phi) is 3.46. The van der Waals surface area contributed by atoms with Crippen LogP contribution in [0.3, 0.4) is 0 Å². The van der Waals surface area contributed by atoms with Gasteiger partial charge in [-0.1, -0.05) is 6.07 Å². The highest BCUT2D eigenvalue weighted by Gasteiger charge is 2.52. The summed E-state index contributed by atoms with van der Waals surface area (Å²) < 4.78 is 14.4. The van der Waals surface area contributed by atoms with Gasteiger partial charge in [0.15, 0.2) is 0 Å². The first kappa shape index (κ1) is 15.3. The van der Waals surface area contributed by atoms with Gasteiger partial charge in [-0.3, -0.25) is 0 Å². The Morgan fingerprint density at radius 1 is 1.05 bits per heavy atom. The van der Waals surface area contributed by atoms with E-state index in [1.165, 1.54) is 0 Å². The van der Waals surface area contributed by atoms with Gasteiger partial charge in [0.2, 0.25) is 0 Å². The Balaban J connectivity index is 1.93. The van der Waals surface area contributed by atoms with Crippen molar-refractivity contribution in [2.75, 3.05) is 0 Å². The maximum atomic E-state index is 6.14. The van der Waals surface area contributed by atoms with E-state index in [0.29, 0.717) is 0 Å². The molecule has 1 aliphatic rings. The zero-order chi connectivity index (χ0) is 16.1. The Morgan fingerprint density at radius 3 is 2.18 bits per heavy atom. The maximum absolute atomic E-state index is 6.14. The zero-order valence-electron chi connectivity index (χ0n) is 14.2. The van der Waals surface area contributed by atoms with Crippen LogP contribution in [0.2, 0.25) is 0 Å². The molecule has 0 atom stereocenters. The van der Waals surface area contributed by atoms with Crippen LogP contribution in [0, 0.1) is 13.8 Å². The molecular formula is C17H23BN2O2. The first-order valence-electron chi connectivity index (χ1n) is 7.68. The number of benzene rings is 1. The highest BCUT2D eigenvalue weighted by atomic mass is 16.7. The molecule has 3 rings (SSSR count). The summed E-state index contributed by atoms with van der Waals surface area (Å²) >= 11 is 0. The first-order valence-corrected chi connectivity index (χ1v) is 7.68. The number of aryl methyl sites for hydroxylation is 2. The molecule has 1 aliphatic heterocycles. The largest absolute Gasteiger partial charge is 0.495 e. The van der Waals surface area contributed by atoms with Crippen molar-refractivity contribution in [3.63, 3.8) is 0 Å². The molecule has 4 nitrogen and oxygen atoms in total. The molecule has 2 aromatic rings. The van der Waals surface area contributed by atoms with E-state index in [2.05, 4.69) is 62.4 Å². The van der Waals surface area contributed by atoms with Crippen molar-refractivity contribution < 1.29 is 9.31 Å². The molecule has 116 valence electrons. The van der Waals surface area contributed by atoms with E-state index in [1.54, 1.807) is 0 Å². The fraction of sp³-hybridized carbons (Fsp3) is 0.471. The third-order valence-corrected chi connectivity index (χ3v) is 4.86. The minimum Gasteiger partial charge on any atom is -0.399 e. The van der Waals surface area contributed by atoms with Crippen LogP contribution in [0.1, 0.15) is 39.1 Å². The van der Waals surface area contributed by atoms with Crippen LogP contribution in [0.15, 0.2) is 30.6 Å². The zero-order valence-corrected chi connectivity index (χ0v) is 14.2. The quantitative estimate of drug-likeness (QED) is 0.800. The van der Waals surface area contributed by atoms with Crippen LogP contribution in [0.25, 0.3) is 5.69 Å². The monoisotopic (exact) mass is 298 g/mol. The van der Waals surface area contributed by atoms with Gasteiger partial charge in [-0.05, 0) is 64.7 Å². The molecule has 1 fully saturated rings. The normalized spacial score (nSPS) is 19.6. The summed E-state index contributed by atoms with van der Waals surface area (Å²) in [7, 11) is -0.317. The molecule has 0 N–H and O–H groups in total. The maximum Gasteiger partial charge on any atom is 0.495 e. The third-order valence-electron chi connectivity index (χ3n) is 4.86. The molecule has 22 heavy (non-hydrogen) atoms. The molecule has 0 radical (unpaired) electrons. The smallest absolute Gasteiger partial charge is 0.399 e. The Bertz CT molecular complexity index is 690. The van der Waals surface area contributed by atoms with Crippen molar-refractivity contribution in [1.29, 1.82) is 0 Å². The first-order chi connectivity index (χ1) is 10.2. The fourth-order valence-electron chi connectivity index (χ4n) is 2.70. The summed E-state index contributed by atoms with van der Waals surface area (Å²) in [5.74, 6) is 0.975. The number of rotatable bonds is 2. The second-order valence-corrected chi connectivity index (χ2v) is 6.97. The molecule has 0 unspecified atom stereocenters. The molecule has 2 heterocycles. The van der Waals surface area contributed by atoms with E-state index in [1.807, 2.05) is 19.3 Å². The summed E-state index contributed by atoms with van der Waals surface area (Å²) in [5.41, 5.74) is 2.71. The van der Waals surface area contributed by atoms with Crippen molar-refractivity contribution in [1.82, 2.24) is 9.55 Å². The van der Waals surface area contributed by atoms with Crippen LogP contribution in [-0.4, -0.2) is 27.9 Å². The fourth-order valence-corrected chi connectivity index (χ4v) is 2.70. The Morgan fingerprint density at radius 2 is 1.68 bits per heavy atom. The molecule has 1 aromatic heterocycles. The van der Waals surface area contributed by atoms with E-state index >= 15 is 0 Å². The minimum absolute atomic E-state index is 0.316. The highest BCUT2D eigenvalue weighted by Crippen LogP contribution is 2.36. The lowest BCUT2D eigenvalue weighted by atomic mass is 9.76. The van der Waals surface area contributed by atoms with Gasteiger partial charge in [0.25, 0.3) is 0 Å². The van der Waals surface area contributed by atoms with E-state index in [9.17, 15) is 0 Å². The topological polar surface area (TPSA) is 36.3 Å². The van der Waals surface area contributed by atoms with Crippen LogP contribution < -0.4 is 5.46 Å². The number of imidazole rings is 1. The van der Waals surface area contributed by atoms with E-state index in [4.69, 9.17) is 9.31 Å². The lowest BCUT2D eigenvalue weighted by Gasteiger charge is -2.32. The van der Waals surface area contributed by atoms with Gasteiger partial charge in [-0.2, -0.15) is 0 Å². The molecule has 0 aliphatic carbocycles. The molecule has 1 aromatic carbocycles. The van der Waals surface area contributed by atoms with Crippen molar-refractivity contribution in [2.45, 2.75) is 52.7 Å². The summed E-state index contributed by atoms with van der Waals surface area (Å²) in [6.07, 6.45) is 3.78. The predicted octanol–water partition coefficient (Wildman–Crippen LogP) is 2.79. The van der Waals surface area contributed by atoms with Crippen LogP contribution >= 0.6 is 0 Å². The van der Waals surface area contributed by atoms with Crippen molar-refractivity contribution in [3.05, 3.63) is 42.0 Å². The second-order valence-electron chi connectivity index (χ2n) is 6.97. The SMILES string of the molecule is Cc1cc(-n2ccnc2C)ccc1B1OC(C)(C)C(C)(C)O1. The summed E-state index contributed by atoms with van der Waals surface area (Å²) in [6.45, 7) is 12.4. The number of aromatic nitrogens is 2. The molecule has 1 saturated heterocycles. The highest BCUT2D eigenvalue weighted by molar-refractivity contribution is 6.62. The molecular weight excluding hydrogens is 275 g/mol. The molecule has 0 bridgehead atoms. The minimum atomic E-state index is -0.317. The number of hydrogen-bond acceptors (Lipinski definition) is 3. The van der Waals surface area contributed by atoms with Crippen molar-refractivity contribution >= 4 is 12.6 Å². The average molecular weight is 298 g/mol. The van der Waals surface area contributed by atoms with Gasteiger partial charge in [0, 0.05) is 18.1 Å². The van der Waals surface area contributed by atoms with Crippen molar-refractivity contribution in [3.8, 4) is 5.69 Å². The number of hydrogen-bond donors (Lipinski definition) is 0. The van der Waals surface area contributed by atoms with Crippen molar-refractivity contribution in [2.24, 2.45) is 0 Å². The lowest BCUT2D eigenvalue weighted by molar-refractivity contribution is 0.00578. The van der Waals surface area contributed by atoms with Gasteiger partial charge in [0.05, 0.1) is 11.2 Å². The van der Waals surface area contributed by atoms with Gasteiger partial charge < -0.3 is 13.9 Å². The van der Waals surface area contributed by atoms with Crippen LogP contribution in [-0.2, 0) is 9.31 Å². The lowest BCUT2D eigenvalue weighted by Crippen LogP contribution is -2.41. The Hall–Kier alpha value is -1.59. The summed E-state index contributed by atoms with van der Waals surface area (Å²) in [5, 5.41) is 0. The predicted molar refractivity (Wildman–Crippen MR) is 88.8 cm³/mol. The molecule has 5 heteroatoms. The van der Waals surface area contributed by atoms with Gasteiger partial charge in [-0.15, -0.1) is 0 Å². The second kappa shape index (κ2) is 4.96. The standard InChI is InChI=1S/C17H23BN2O2/c1-12-11-14(20-10-9-19-13(20)2)7-8-15(12)18-21-16(3,4)17(5,6)22-18/h7-11H,1-6H3. The van der Waals surface area contributed by atoms with E-state index in [0.717, 1.165) is 22.5 Å². The van der Waals surface area contributed by atoms with Gasteiger partial charge in [0.1, 0.15) is 5.82 Å². The molecule has 0 spiro atoms. The Labute approximate surface area is 132 Å². The van der Waals surface area contributed by atoms with Gasteiger partial charge >= 0.3 is 7.12 Å². The third kappa shape index (κ3) is 2.38. The summed E-state index contributed by atoms with van der Waals surface area (Å²) in [6, 6.07) is 6.32. The van der Waals surface area contributed by atoms with E-state index in [-0.39, 0.29) is 18.3 Å². The summed E-state index contributed by atoms with van der Waals surface area (Å²) in [4.78, 5) is 4.27.